The van der Waals surface area contributed by atoms with Crippen LogP contribution in [-0.4, -0.2) is 30.5 Å². The number of unbranched alkanes of at least 4 members (excludes halogenated alkanes) is 1. The Morgan fingerprint density at radius 2 is 1.82 bits per heavy atom. The zero-order chi connectivity index (χ0) is 20.5. The van der Waals surface area contributed by atoms with E-state index >= 15 is 0 Å². The highest BCUT2D eigenvalue weighted by atomic mass is 32.2. The van der Waals surface area contributed by atoms with Crippen LogP contribution in [0.2, 0.25) is 0 Å². The number of sulfone groups is 1. The van der Waals surface area contributed by atoms with E-state index in [1.165, 1.54) is 30.3 Å². The van der Waals surface area contributed by atoms with Crippen LogP contribution in [0.3, 0.4) is 0 Å². The van der Waals surface area contributed by atoms with Gasteiger partial charge in [0, 0.05) is 11.3 Å². The van der Waals surface area contributed by atoms with Crippen molar-refractivity contribution in [3.05, 3.63) is 59.4 Å². The Bertz CT molecular complexity index is 940. The standard InChI is InChI=1S/C22H27FO4S/c1-3-5-12-22(4-2)14-28(26,27)19-11-10-17(24)13-18(19)20(21(22)25)15-6-8-16(23)9-7-15/h6-11,13,20-21,24-25H,3-5,12,14H2,1-2H3/t20?,21-,22-/m1/s1. The van der Waals surface area contributed by atoms with Crippen LogP contribution < -0.4 is 0 Å². The number of benzene rings is 2. The average molecular weight is 407 g/mol. The number of aliphatic hydroxyl groups excluding tert-OH is 1. The third kappa shape index (κ3) is 3.67. The van der Waals surface area contributed by atoms with E-state index in [-0.39, 0.29) is 16.4 Å². The highest BCUT2D eigenvalue weighted by molar-refractivity contribution is 7.91. The van der Waals surface area contributed by atoms with E-state index < -0.39 is 33.1 Å². The van der Waals surface area contributed by atoms with E-state index in [0.717, 1.165) is 12.8 Å². The van der Waals surface area contributed by atoms with Crippen LogP contribution in [0.4, 0.5) is 4.39 Å². The zero-order valence-corrected chi connectivity index (χ0v) is 17.0. The largest absolute Gasteiger partial charge is 0.508 e. The Kier molecular flexibility index (Phi) is 5.82. The quantitative estimate of drug-likeness (QED) is 0.772. The summed E-state index contributed by atoms with van der Waals surface area (Å²) in [5.74, 6) is -1.28. The molecule has 1 aliphatic heterocycles. The van der Waals surface area contributed by atoms with Gasteiger partial charge in [0.15, 0.2) is 9.84 Å². The topological polar surface area (TPSA) is 74.6 Å². The van der Waals surface area contributed by atoms with E-state index in [0.29, 0.717) is 24.0 Å². The third-order valence-corrected chi connectivity index (χ3v) is 8.04. The Balaban J connectivity index is 2.28. The van der Waals surface area contributed by atoms with Crippen LogP contribution in [0, 0.1) is 11.2 Å². The van der Waals surface area contributed by atoms with Gasteiger partial charge in [-0.15, -0.1) is 0 Å². The summed E-state index contributed by atoms with van der Waals surface area (Å²) >= 11 is 0. The molecule has 0 saturated carbocycles. The number of aliphatic hydroxyl groups is 1. The maximum Gasteiger partial charge on any atom is 0.179 e. The first-order chi connectivity index (χ1) is 13.2. The summed E-state index contributed by atoms with van der Waals surface area (Å²) in [6.45, 7) is 3.94. The lowest BCUT2D eigenvalue weighted by atomic mass is 9.69. The lowest BCUT2D eigenvalue weighted by Gasteiger charge is -2.39. The minimum Gasteiger partial charge on any atom is -0.508 e. The van der Waals surface area contributed by atoms with Gasteiger partial charge in [-0.1, -0.05) is 38.8 Å². The third-order valence-electron chi connectivity index (χ3n) is 6.05. The van der Waals surface area contributed by atoms with Crippen molar-refractivity contribution < 1.29 is 23.0 Å². The predicted molar refractivity (Wildman–Crippen MR) is 107 cm³/mol. The molecule has 0 radical (unpaired) electrons. The molecule has 2 aromatic rings. The van der Waals surface area contributed by atoms with Crippen LogP contribution >= 0.6 is 0 Å². The lowest BCUT2D eigenvalue weighted by Crippen LogP contribution is -2.42. The van der Waals surface area contributed by atoms with Crippen LogP contribution in [0.5, 0.6) is 5.75 Å². The first-order valence-electron chi connectivity index (χ1n) is 9.73. The van der Waals surface area contributed by atoms with Gasteiger partial charge in [-0.25, -0.2) is 12.8 Å². The molecule has 1 unspecified atom stereocenters. The van der Waals surface area contributed by atoms with Crippen molar-refractivity contribution in [1.82, 2.24) is 0 Å². The van der Waals surface area contributed by atoms with Crippen LogP contribution in [0.1, 0.15) is 56.6 Å². The molecule has 28 heavy (non-hydrogen) atoms. The molecule has 1 aliphatic rings. The highest BCUT2D eigenvalue weighted by Gasteiger charge is 2.48. The summed E-state index contributed by atoms with van der Waals surface area (Å²) in [6.07, 6.45) is 1.80. The molecule has 2 aromatic carbocycles. The molecular formula is C22H27FO4S. The number of hydrogen-bond donors (Lipinski definition) is 2. The van der Waals surface area contributed by atoms with Crippen molar-refractivity contribution in [2.45, 2.75) is 56.4 Å². The van der Waals surface area contributed by atoms with E-state index in [1.807, 2.05) is 13.8 Å². The smallest absolute Gasteiger partial charge is 0.179 e. The van der Waals surface area contributed by atoms with Crippen LogP contribution in [0.25, 0.3) is 0 Å². The molecule has 0 aromatic heterocycles. The Morgan fingerprint density at radius 1 is 1.14 bits per heavy atom. The van der Waals surface area contributed by atoms with Gasteiger partial charge in [0.05, 0.1) is 16.8 Å². The molecule has 2 N–H and O–H groups in total. The van der Waals surface area contributed by atoms with Gasteiger partial charge >= 0.3 is 0 Å². The fraction of sp³-hybridized carbons (Fsp3) is 0.455. The van der Waals surface area contributed by atoms with Gasteiger partial charge in [0.2, 0.25) is 0 Å². The minimum atomic E-state index is -3.67. The van der Waals surface area contributed by atoms with Gasteiger partial charge in [-0.05, 0) is 54.3 Å². The highest BCUT2D eigenvalue weighted by Crippen LogP contribution is 2.49. The van der Waals surface area contributed by atoms with E-state index in [4.69, 9.17) is 0 Å². The molecule has 0 amide bonds. The number of phenolic OH excluding ortho intramolecular Hbond substituents is 1. The second-order valence-corrected chi connectivity index (χ2v) is 9.73. The normalized spacial score (nSPS) is 26.4. The second kappa shape index (κ2) is 7.84. The van der Waals surface area contributed by atoms with E-state index in [2.05, 4.69) is 0 Å². The molecule has 0 bridgehead atoms. The number of fused-ring (bicyclic) bond motifs is 1. The van der Waals surface area contributed by atoms with Gasteiger partial charge in [0.1, 0.15) is 11.6 Å². The maximum atomic E-state index is 13.5. The molecule has 0 spiro atoms. The van der Waals surface area contributed by atoms with Crippen molar-refractivity contribution in [2.24, 2.45) is 5.41 Å². The van der Waals surface area contributed by atoms with Gasteiger partial charge in [-0.3, -0.25) is 0 Å². The molecule has 0 saturated heterocycles. The Morgan fingerprint density at radius 3 is 2.43 bits per heavy atom. The average Bonchev–Trinajstić information content (AvgIpc) is 2.72. The fourth-order valence-corrected chi connectivity index (χ4v) is 6.65. The van der Waals surface area contributed by atoms with Gasteiger partial charge < -0.3 is 10.2 Å². The Hall–Kier alpha value is -1.92. The number of rotatable bonds is 5. The van der Waals surface area contributed by atoms with E-state index in [1.54, 1.807) is 12.1 Å². The van der Waals surface area contributed by atoms with Crippen molar-refractivity contribution in [1.29, 1.82) is 0 Å². The molecular weight excluding hydrogens is 379 g/mol. The minimum absolute atomic E-state index is 0.0641. The molecule has 0 fully saturated rings. The lowest BCUT2D eigenvalue weighted by molar-refractivity contribution is 0.0173. The molecule has 4 nitrogen and oxygen atoms in total. The molecule has 6 heteroatoms. The van der Waals surface area contributed by atoms with Crippen LogP contribution in [-0.2, 0) is 9.84 Å². The molecule has 0 aliphatic carbocycles. The van der Waals surface area contributed by atoms with Gasteiger partial charge in [0.25, 0.3) is 0 Å². The molecule has 1 heterocycles. The number of phenols is 1. The molecule has 152 valence electrons. The first-order valence-corrected chi connectivity index (χ1v) is 11.4. The van der Waals surface area contributed by atoms with Crippen molar-refractivity contribution in [2.75, 3.05) is 5.75 Å². The summed E-state index contributed by atoms with van der Waals surface area (Å²) in [5, 5.41) is 21.6. The monoisotopic (exact) mass is 406 g/mol. The second-order valence-electron chi connectivity index (χ2n) is 7.77. The number of hydrogen-bond acceptors (Lipinski definition) is 4. The zero-order valence-electron chi connectivity index (χ0n) is 16.2. The summed E-state index contributed by atoms with van der Waals surface area (Å²) in [7, 11) is -3.67. The SMILES string of the molecule is CCCC[C@]1(CC)CS(=O)(=O)c2ccc(O)cc2C(c2ccc(F)cc2)[C@H]1O. The molecule has 3 atom stereocenters. The number of halogens is 1. The Labute approximate surface area is 166 Å². The first kappa shape index (κ1) is 20.8. The van der Waals surface area contributed by atoms with Gasteiger partial charge in [-0.2, -0.15) is 0 Å². The van der Waals surface area contributed by atoms with Crippen molar-refractivity contribution in [3.8, 4) is 5.75 Å². The van der Waals surface area contributed by atoms with Crippen LogP contribution in [0.15, 0.2) is 47.4 Å². The summed E-state index contributed by atoms with van der Waals surface area (Å²) in [5.41, 5.74) is 0.181. The summed E-state index contributed by atoms with van der Waals surface area (Å²) in [6, 6.07) is 9.96. The summed E-state index contributed by atoms with van der Waals surface area (Å²) in [4.78, 5) is 0.130. The maximum absolute atomic E-state index is 13.5. The van der Waals surface area contributed by atoms with Crippen molar-refractivity contribution >= 4 is 9.84 Å². The number of aromatic hydroxyl groups is 1. The predicted octanol–water partition coefficient (Wildman–Crippen LogP) is 4.40. The fourth-order valence-electron chi connectivity index (χ4n) is 4.40. The van der Waals surface area contributed by atoms with E-state index in [9.17, 15) is 23.0 Å². The summed E-state index contributed by atoms with van der Waals surface area (Å²) < 4.78 is 40.0. The molecule has 3 rings (SSSR count). The van der Waals surface area contributed by atoms with Crippen molar-refractivity contribution in [3.63, 3.8) is 0 Å².